The van der Waals surface area contributed by atoms with E-state index in [9.17, 15) is 0 Å². The van der Waals surface area contributed by atoms with Crippen LogP contribution in [0.15, 0.2) is 12.1 Å². The molecule has 1 rings (SSSR count). The van der Waals surface area contributed by atoms with Gasteiger partial charge in [-0.1, -0.05) is 0 Å². The number of quaternary nitrogens is 1. The summed E-state index contributed by atoms with van der Waals surface area (Å²) in [6.45, 7) is 0. The third-order valence-corrected chi connectivity index (χ3v) is 2.41. The molecule has 0 aliphatic heterocycles. The molecule has 0 N–H and O–H groups in total. The Hall–Kier alpha value is -0.621. The summed E-state index contributed by atoms with van der Waals surface area (Å²) in [5.41, 5.74) is 1.04. The van der Waals surface area contributed by atoms with Gasteiger partial charge in [0.25, 0.3) is 0 Å². The monoisotopic (exact) mass is 346 g/mol. The minimum absolute atomic E-state index is 0. The second kappa shape index (κ2) is 6.35. The van der Waals surface area contributed by atoms with Crippen LogP contribution in [0.1, 0.15) is 0 Å². The molecule has 0 atom stereocenters. The van der Waals surface area contributed by atoms with Gasteiger partial charge in [-0.25, -0.2) is 0 Å². The van der Waals surface area contributed by atoms with E-state index >= 15 is 0 Å². The van der Waals surface area contributed by atoms with Crippen molar-refractivity contribution >= 4 is 29.6 Å². The van der Waals surface area contributed by atoms with Gasteiger partial charge in [-0.3, -0.25) is 4.48 Å². The first-order valence-electron chi connectivity index (χ1n) is 5.06. The summed E-state index contributed by atoms with van der Waals surface area (Å²) in [7, 11) is 11.1. The standard InChI is InChI=1S/C12H20NO3.Sn/c1-13(2,3)9-7-8-10(14-4)12(16-6)11(9)15-5;/h7-8H,1-6H3;/q+1;. The van der Waals surface area contributed by atoms with Gasteiger partial charge in [0.1, 0.15) is 0 Å². The molecule has 0 aliphatic carbocycles. The van der Waals surface area contributed by atoms with E-state index in [4.69, 9.17) is 14.2 Å². The molecule has 17 heavy (non-hydrogen) atoms. The first kappa shape index (κ1) is 16.4. The van der Waals surface area contributed by atoms with E-state index in [2.05, 4.69) is 21.1 Å². The fourth-order valence-electron chi connectivity index (χ4n) is 1.61. The van der Waals surface area contributed by atoms with Crippen molar-refractivity contribution in [3.05, 3.63) is 12.1 Å². The molecule has 94 valence electrons. The van der Waals surface area contributed by atoms with E-state index in [1.165, 1.54) is 0 Å². The van der Waals surface area contributed by atoms with E-state index in [1.54, 1.807) is 21.3 Å². The number of benzene rings is 1. The molecule has 0 aliphatic rings. The normalized spacial score (nSPS) is 10.5. The smallest absolute Gasteiger partial charge is 0.226 e. The van der Waals surface area contributed by atoms with Crippen molar-refractivity contribution in [2.75, 3.05) is 42.5 Å². The Balaban J connectivity index is 0.00000256. The first-order valence-corrected chi connectivity index (χ1v) is 5.06. The summed E-state index contributed by atoms with van der Waals surface area (Å²) in [4.78, 5) is 0. The average molecular weight is 345 g/mol. The Morgan fingerprint density at radius 3 is 1.71 bits per heavy atom. The molecule has 0 saturated carbocycles. The molecule has 0 amide bonds. The van der Waals surface area contributed by atoms with Crippen molar-refractivity contribution in [3.63, 3.8) is 0 Å². The molecular formula is C12H20NO3Sn+. The Labute approximate surface area is 120 Å². The van der Waals surface area contributed by atoms with Crippen LogP contribution < -0.4 is 18.7 Å². The maximum atomic E-state index is 5.42. The van der Waals surface area contributed by atoms with Crippen LogP contribution in [0.25, 0.3) is 0 Å². The maximum Gasteiger partial charge on any atom is 0.226 e. The van der Waals surface area contributed by atoms with Gasteiger partial charge >= 0.3 is 0 Å². The van der Waals surface area contributed by atoms with Gasteiger partial charge in [0, 0.05) is 30.0 Å². The van der Waals surface area contributed by atoms with Gasteiger partial charge in [-0.2, -0.15) is 0 Å². The Kier molecular flexibility index (Phi) is 6.12. The third-order valence-electron chi connectivity index (χ3n) is 2.41. The largest absolute Gasteiger partial charge is 0.493 e. The summed E-state index contributed by atoms with van der Waals surface area (Å²) >= 11 is 0. The molecule has 5 heteroatoms. The number of methoxy groups -OCH3 is 3. The Morgan fingerprint density at radius 2 is 1.35 bits per heavy atom. The topological polar surface area (TPSA) is 27.7 Å². The second-order valence-electron chi connectivity index (χ2n) is 4.37. The number of ether oxygens (including phenoxy) is 3. The number of hydrogen-bond acceptors (Lipinski definition) is 3. The van der Waals surface area contributed by atoms with E-state index in [-0.39, 0.29) is 23.9 Å². The zero-order valence-electron chi connectivity index (χ0n) is 11.3. The molecule has 4 radical (unpaired) electrons. The first-order chi connectivity index (χ1) is 7.45. The van der Waals surface area contributed by atoms with Crippen LogP contribution in [-0.4, -0.2) is 66.4 Å². The number of nitrogens with zero attached hydrogens (tertiary/aromatic N) is 1. The fraction of sp³-hybridized carbons (Fsp3) is 0.500. The predicted molar refractivity (Wildman–Crippen MR) is 71.4 cm³/mol. The zero-order valence-corrected chi connectivity index (χ0v) is 14.2. The van der Waals surface area contributed by atoms with E-state index in [0.717, 1.165) is 5.69 Å². The fourth-order valence-corrected chi connectivity index (χ4v) is 1.61. The molecule has 1 aromatic carbocycles. The van der Waals surface area contributed by atoms with Gasteiger partial charge in [0.2, 0.25) is 11.5 Å². The van der Waals surface area contributed by atoms with Gasteiger partial charge in [0.15, 0.2) is 11.4 Å². The van der Waals surface area contributed by atoms with Crippen LogP contribution in [0.4, 0.5) is 5.69 Å². The van der Waals surface area contributed by atoms with Crippen LogP contribution in [0.3, 0.4) is 0 Å². The summed E-state index contributed by atoms with van der Waals surface area (Å²) in [6, 6.07) is 3.88. The van der Waals surface area contributed by atoms with Gasteiger partial charge in [-0.05, 0) is 6.07 Å². The minimum atomic E-state index is 0. The summed E-state index contributed by atoms with van der Waals surface area (Å²) in [6.07, 6.45) is 0. The van der Waals surface area contributed by atoms with E-state index < -0.39 is 0 Å². The van der Waals surface area contributed by atoms with Crippen LogP contribution in [0.2, 0.25) is 0 Å². The van der Waals surface area contributed by atoms with Crippen molar-refractivity contribution < 1.29 is 14.2 Å². The second-order valence-corrected chi connectivity index (χ2v) is 4.37. The predicted octanol–water partition coefficient (Wildman–Crippen LogP) is 1.53. The van der Waals surface area contributed by atoms with Crippen LogP contribution in [0, 0.1) is 0 Å². The summed E-state index contributed by atoms with van der Waals surface area (Å²) in [5, 5.41) is 0. The van der Waals surface area contributed by atoms with Crippen molar-refractivity contribution in [2.24, 2.45) is 0 Å². The molecule has 4 nitrogen and oxygen atoms in total. The Morgan fingerprint density at radius 1 is 0.824 bits per heavy atom. The molecule has 0 heterocycles. The maximum absolute atomic E-state index is 5.42. The van der Waals surface area contributed by atoms with E-state index in [0.29, 0.717) is 21.7 Å². The van der Waals surface area contributed by atoms with Crippen molar-refractivity contribution in [1.82, 2.24) is 4.48 Å². The van der Waals surface area contributed by atoms with Crippen LogP contribution >= 0.6 is 0 Å². The molecule has 0 unspecified atom stereocenters. The van der Waals surface area contributed by atoms with Crippen molar-refractivity contribution in [3.8, 4) is 17.2 Å². The molecule has 0 fully saturated rings. The molecule has 1 aromatic rings. The quantitative estimate of drug-likeness (QED) is 0.612. The third kappa shape index (κ3) is 3.42. The van der Waals surface area contributed by atoms with Gasteiger partial charge < -0.3 is 14.2 Å². The molecule has 0 aromatic heterocycles. The van der Waals surface area contributed by atoms with Crippen LogP contribution in [0.5, 0.6) is 17.2 Å². The van der Waals surface area contributed by atoms with Crippen molar-refractivity contribution in [1.29, 1.82) is 0 Å². The summed E-state index contributed by atoms with van der Waals surface area (Å²) < 4.78 is 16.6. The molecular weight excluding hydrogens is 325 g/mol. The Bertz CT molecular complexity index is 375. The average Bonchev–Trinajstić information content (AvgIpc) is 2.25. The molecule has 0 bridgehead atoms. The number of rotatable bonds is 4. The van der Waals surface area contributed by atoms with E-state index in [1.807, 2.05) is 12.1 Å². The molecule has 0 saturated heterocycles. The SMILES string of the molecule is COc1ccc([N+](C)(C)C)c(OC)c1OC.[Sn]. The zero-order chi connectivity index (χ0) is 12.3. The van der Waals surface area contributed by atoms with Gasteiger partial charge in [0.05, 0.1) is 42.5 Å². The number of hydrogen-bond donors (Lipinski definition) is 0. The summed E-state index contributed by atoms with van der Waals surface area (Å²) in [5.74, 6) is 2.03. The van der Waals surface area contributed by atoms with Crippen LogP contribution in [-0.2, 0) is 0 Å². The van der Waals surface area contributed by atoms with Crippen molar-refractivity contribution in [2.45, 2.75) is 0 Å². The minimum Gasteiger partial charge on any atom is -0.493 e. The van der Waals surface area contributed by atoms with Gasteiger partial charge in [-0.15, -0.1) is 0 Å². The molecule has 0 spiro atoms.